The van der Waals surface area contributed by atoms with Crippen LogP contribution in [0.3, 0.4) is 0 Å². The second kappa shape index (κ2) is 15.5. The molecule has 0 spiro atoms. The number of likely N-dealkylation sites (tertiary alicyclic amines) is 2. The summed E-state index contributed by atoms with van der Waals surface area (Å²) in [5.74, 6) is 1.34. The number of benzene rings is 4. The van der Waals surface area contributed by atoms with Crippen LogP contribution in [-0.4, -0.2) is 74.1 Å². The lowest BCUT2D eigenvalue weighted by Gasteiger charge is -2.26. The van der Waals surface area contributed by atoms with Crippen molar-refractivity contribution in [3.05, 3.63) is 121 Å². The maximum atomic E-state index is 13.1. The van der Waals surface area contributed by atoms with E-state index in [-0.39, 0.29) is 30.7 Å². The summed E-state index contributed by atoms with van der Waals surface area (Å²) in [7, 11) is 1.28. The molecule has 3 N–H and O–H groups in total. The summed E-state index contributed by atoms with van der Waals surface area (Å²) in [6, 6.07) is 29.9. The van der Waals surface area contributed by atoms with Gasteiger partial charge < -0.3 is 29.7 Å². The van der Waals surface area contributed by atoms with Crippen LogP contribution in [0, 0.1) is 0 Å². The highest BCUT2D eigenvalue weighted by Gasteiger charge is 2.35. The number of aromatic nitrogens is 4. The van der Waals surface area contributed by atoms with Crippen LogP contribution >= 0.6 is 0 Å². The number of carbonyl (C=O) groups is 3. The second-order valence-electron chi connectivity index (χ2n) is 14.2. The Bertz CT molecular complexity index is 2320. The molecule has 12 heteroatoms. The molecule has 12 nitrogen and oxygen atoms in total. The SMILES string of the molecule is COC(=O)NC(C)C(=O)N1CCCC1c1ncc(-c2ccc3cc(-c4ccc(-c5cnc(C6CCCN6C(=O)OCc6ccccc6)[nH]5)cc4)ccc3c2)[nH]1. The number of hydrogen-bond donors (Lipinski definition) is 3. The van der Waals surface area contributed by atoms with Crippen LogP contribution in [0.2, 0.25) is 0 Å². The first kappa shape index (κ1) is 35.6. The molecule has 2 aliphatic rings. The molecule has 2 aliphatic heterocycles. The van der Waals surface area contributed by atoms with Gasteiger partial charge in [-0.2, -0.15) is 0 Å². The monoisotopic (exact) mass is 737 g/mol. The standard InChI is InChI=1S/C43H43N7O5/c1-27(46-42(52)54-2)41(51)49-20-6-10-37(49)39-45-25-36(48-39)34-19-18-32-22-31(16-17-33(32)23-34)29-12-14-30(15-13-29)35-24-44-40(47-35)38-11-7-21-50(38)43(53)55-26-28-8-4-3-5-9-28/h3-5,8-9,12-19,22-25,27,37-38H,6-7,10-11,20-21,26H2,1-2H3,(H,44,47)(H,45,48)(H,46,52). The Kier molecular flexibility index (Phi) is 10.0. The van der Waals surface area contributed by atoms with Gasteiger partial charge in [-0.05, 0) is 77.8 Å². The molecular weight excluding hydrogens is 695 g/mol. The first-order valence-corrected chi connectivity index (χ1v) is 18.7. The Morgan fingerprint density at radius 2 is 1.31 bits per heavy atom. The van der Waals surface area contributed by atoms with Crippen molar-refractivity contribution in [1.29, 1.82) is 0 Å². The van der Waals surface area contributed by atoms with E-state index in [1.807, 2.05) is 42.7 Å². The van der Waals surface area contributed by atoms with Crippen LogP contribution in [0.1, 0.15) is 61.9 Å². The molecule has 6 aromatic rings. The largest absolute Gasteiger partial charge is 0.453 e. The van der Waals surface area contributed by atoms with Gasteiger partial charge in [0.2, 0.25) is 5.91 Å². The highest BCUT2D eigenvalue weighted by atomic mass is 16.6. The van der Waals surface area contributed by atoms with Crippen molar-refractivity contribution >= 4 is 28.9 Å². The molecule has 2 saturated heterocycles. The molecule has 2 aromatic heterocycles. The second-order valence-corrected chi connectivity index (χ2v) is 14.2. The molecule has 3 atom stereocenters. The van der Waals surface area contributed by atoms with Gasteiger partial charge in [0.15, 0.2) is 0 Å². The van der Waals surface area contributed by atoms with Gasteiger partial charge in [-0.15, -0.1) is 0 Å². The maximum absolute atomic E-state index is 13.1. The molecule has 55 heavy (non-hydrogen) atoms. The number of H-pyrrole nitrogens is 2. The first-order chi connectivity index (χ1) is 26.8. The summed E-state index contributed by atoms with van der Waals surface area (Å²) in [6.07, 6.45) is 6.08. The molecule has 4 heterocycles. The van der Waals surface area contributed by atoms with Gasteiger partial charge in [-0.3, -0.25) is 9.69 Å². The minimum atomic E-state index is -0.699. The number of nitrogens with zero attached hydrogens (tertiary/aromatic N) is 4. The minimum Gasteiger partial charge on any atom is -0.453 e. The van der Waals surface area contributed by atoms with E-state index in [1.165, 1.54) is 7.11 Å². The quantitative estimate of drug-likeness (QED) is 0.136. The van der Waals surface area contributed by atoms with Gasteiger partial charge >= 0.3 is 12.2 Å². The lowest BCUT2D eigenvalue weighted by molar-refractivity contribution is -0.134. The zero-order valence-corrected chi connectivity index (χ0v) is 30.8. The molecule has 280 valence electrons. The molecular formula is C43H43N7O5. The van der Waals surface area contributed by atoms with Crippen molar-refractivity contribution in [1.82, 2.24) is 35.1 Å². The van der Waals surface area contributed by atoms with E-state index in [9.17, 15) is 14.4 Å². The van der Waals surface area contributed by atoms with Gasteiger partial charge in [0.25, 0.3) is 0 Å². The van der Waals surface area contributed by atoms with Crippen LogP contribution in [0.5, 0.6) is 0 Å². The molecule has 0 aliphatic carbocycles. The number of methoxy groups -OCH3 is 1. The number of aromatic amines is 2. The highest BCUT2D eigenvalue weighted by molar-refractivity contribution is 5.91. The van der Waals surface area contributed by atoms with E-state index in [2.05, 4.69) is 90.7 Å². The van der Waals surface area contributed by atoms with Crippen molar-refractivity contribution in [2.24, 2.45) is 0 Å². The average Bonchev–Trinajstić information content (AvgIpc) is 4.07. The number of rotatable bonds is 9. The fourth-order valence-corrected chi connectivity index (χ4v) is 7.67. The lowest BCUT2D eigenvalue weighted by Crippen LogP contribution is -2.46. The van der Waals surface area contributed by atoms with Crippen molar-refractivity contribution in [2.45, 2.75) is 57.3 Å². The predicted octanol–water partition coefficient (Wildman–Crippen LogP) is 8.17. The normalized spacial score (nSPS) is 17.3. The molecule has 3 amide bonds. The third kappa shape index (κ3) is 7.53. The van der Waals surface area contributed by atoms with E-state index >= 15 is 0 Å². The first-order valence-electron chi connectivity index (χ1n) is 18.7. The summed E-state index contributed by atoms with van der Waals surface area (Å²) in [4.78, 5) is 57.6. The third-order valence-electron chi connectivity index (χ3n) is 10.6. The van der Waals surface area contributed by atoms with Crippen LogP contribution in [0.15, 0.2) is 103 Å². The van der Waals surface area contributed by atoms with Crippen LogP contribution in [0.25, 0.3) is 44.4 Å². The number of hydrogen-bond acceptors (Lipinski definition) is 7. The van der Waals surface area contributed by atoms with E-state index in [1.54, 1.807) is 16.7 Å². The van der Waals surface area contributed by atoms with Gasteiger partial charge in [-0.25, -0.2) is 19.6 Å². The number of carbonyl (C=O) groups excluding carboxylic acids is 3. The summed E-state index contributed by atoms with van der Waals surface area (Å²) in [6.45, 7) is 3.15. The Labute approximate surface area is 318 Å². The third-order valence-corrected chi connectivity index (χ3v) is 10.6. The van der Waals surface area contributed by atoms with Crippen LogP contribution in [-0.2, 0) is 20.9 Å². The number of fused-ring (bicyclic) bond motifs is 1. The number of amides is 3. The Hall–Kier alpha value is -6.43. The topological polar surface area (TPSA) is 146 Å². The van der Waals surface area contributed by atoms with E-state index in [0.29, 0.717) is 13.1 Å². The maximum Gasteiger partial charge on any atom is 0.410 e. The summed E-state index contributed by atoms with van der Waals surface area (Å²) in [5.41, 5.74) is 6.96. The Morgan fingerprint density at radius 1 is 0.745 bits per heavy atom. The van der Waals surface area contributed by atoms with Crippen molar-refractivity contribution in [2.75, 3.05) is 20.2 Å². The van der Waals surface area contributed by atoms with Gasteiger partial charge in [0.05, 0.1) is 43.0 Å². The molecule has 8 rings (SSSR count). The van der Waals surface area contributed by atoms with E-state index in [0.717, 1.165) is 87.3 Å². The zero-order valence-electron chi connectivity index (χ0n) is 30.8. The fourth-order valence-electron chi connectivity index (χ4n) is 7.67. The van der Waals surface area contributed by atoms with Crippen molar-refractivity contribution in [3.8, 4) is 33.6 Å². The van der Waals surface area contributed by atoms with Gasteiger partial charge in [-0.1, -0.05) is 78.9 Å². The van der Waals surface area contributed by atoms with E-state index in [4.69, 9.17) is 4.74 Å². The molecule has 0 saturated carbocycles. The molecule has 2 fully saturated rings. The van der Waals surface area contributed by atoms with Crippen LogP contribution < -0.4 is 5.32 Å². The summed E-state index contributed by atoms with van der Waals surface area (Å²) < 4.78 is 10.3. The average molecular weight is 738 g/mol. The summed E-state index contributed by atoms with van der Waals surface area (Å²) in [5, 5.41) is 4.79. The molecule has 3 unspecified atom stereocenters. The fraction of sp³-hybridized carbons (Fsp3) is 0.279. The molecule has 4 aromatic carbocycles. The molecule has 0 bridgehead atoms. The number of imidazole rings is 2. The van der Waals surface area contributed by atoms with Gasteiger partial charge in [0.1, 0.15) is 24.3 Å². The number of alkyl carbamates (subject to hydrolysis) is 1. The highest BCUT2D eigenvalue weighted by Crippen LogP contribution is 2.35. The van der Waals surface area contributed by atoms with Gasteiger partial charge in [0, 0.05) is 18.7 Å². The van der Waals surface area contributed by atoms with E-state index < -0.39 is 12.1 Å². The van der Waals surface area contributed by atoms with Crippen molar-refractivity contribution < 1.29 is 23.9 Å². The van der Waals surface area contributed by atoms with Crippen LogP contribution in [0.4, 0.5) is 9.59 Å². The Morgan fingerprint density at radius 3 is 1.98 bits per heavy atom. The number of ether oxygens (including phenoxy) is 2. The van der Waals surface area contributed by atoms with Crippen molar-refractivity contribution in [3.63, 3.8) is 0 Å². The number of nitrogens with one attached hydrogen (secondary N) is 3. The zero-order chi connectivity index (χ0) is 37.9. The lowest BCUT2D eigenvalue weighted by atomic mass is 9.98. The summed E-state index contributed by atoms with van der Waals surface area (Å²) >= 11 is 0. The Balaban J connectivity index is 0.920. The predicted molar refractivity (Wildman–Crippen MR) is 209 cm³/mol. The molecule has 0 radical (unpaired) electrons. The minimum absolute atomic E-state index is 0.148. The smallest absolute Gasteiger partial charge is 0.410 e.